The van der Waals surface area contributed by atoms with Crippen molar-refractivity contribution in [1.29, 1.82) is 0 Å². The number of pyridine rings is 1. The van der Waals surface area contributed by atoms with E-state index in [0.717, 1.165) is 18.2 Å². The van der Waals surface area contributed by atoms with Crippen molar-refractivity contribution in [2.75, 3.05) is 0 Å². The largest absolute Gasteiger partial charge is 0.447 e. The molecule has 1 amide bonds. The van der Waals surface area contributed by atoms with Crippen LogP contribution in [-0.4, -0.2) is 24.3 Å². The van der Waals surface area contributed by atoms with Gasteiger partial charge in [-0.1, -0.05) is 17.7 Å². The van der Waals surface area contributed by atoms with Crippen LogP contribution in [0.15, 0.2) is 58.4 Å². The molecule has 3 aromatic rings. The van der Waals surface area contributed by atoms with Crippen LogP contribution < -0.4 is 10.0 Å². The number of carbonyl (C=O) groups is 1. The van der Waals surface area contributed by atoms with Gasteiger partial charge in [0, 0.05) is 12.7 Å². The normalized spacial score (nSPS) is 11.4. The first-order valence-electron chi connectivity index (χ1n) is 7.90. The molecule has 0 unspecified atom stereocenters. The molecule has 146 valence electrons. The molecule has 1 aromatic carbocycles. The van der Waals surface area contributed by atoms with Crippen molar-refractivity contribution < 1.29 is 22.0 Å². The standard InChI is InChI=1S/C17H14ClFN4O4S/c18-14-5-13(2-3-15(14)19)28(25,26)23-7-11-1-4-16(21-6-11)17(24)22-9-12-8-20-10-27-12/h1-6,8,10,23H,7,9H2,(H,22,24). The summed E-state index contributed by atoms with van der Waals surface area (Å²) in [5, 5.41) is 2.33. The van der Waals surface area contributed by atoms with Crippen LogP contribution in [0.5, 0.6) is 0 Å². The van der Waals surface area contributed by atoms with E-state index in [0.29, 0.717) is 11.3 Å². The summed E-state index contributed by atoms with van der Waals surface area (Å²) in [6.07, 6.45) is 4.12. The first kappa shape index (κ1) is 19.9. The van der Waals surface area contributed by atoms with Crippen molar-refractivity contribution in [2.24, 2.45) is 0 Å². The van der Waals surface area contributed by atoms with Gasteiger partial charge < -0.3 is 9.73 Å². The molecule has 0 bridgehead atoms. The van der Waals surface area contributed by atoms with E-state index in [-0.39, 0.29) is 28.7 Å². The Bertz CT molecular complexity index is 1070. The molecule has 2 heterocycles. The number of hydrogen-bond donors (Lipinski definition) is 2. The lowest BCUT2D eigenvalue weighted by atomic mass is 10.2. The van der Waals surface area contributed by atoms with Gasteiger partial charge in [-0.15, -0.1) is 0 Å². The monoisotopic (exact) mass is 424 g/mol. The van der Waals surface area contributed by atoms with E-state index in [2.05, 4.69) is 20.0 Å². The minimum absolute atomic E-state index is 0.0652. The van der Waals surface area contributed by atoms with Crippen molar-refractivity contribution in [3.8, 4) is 0 Å². The van der Waals surface area contributed by atoms with Gasteiger partial charge in [-0.2, -0.15) is 0 Å². The summed E-state index contributed by atoms with van der Waals surface area (Å²) in [5.74, 6) is -0.619. The summed E-state index contributed by atoms with van der Waals surface area (Å²) in [6, 6.07) is 6.15. The molecule has 28 heavy (non-hydrogen) atoms. The Morgan fingerprint density at radius 1 is 1.18 bits per heavy atom. The molecule has 0 spiro atoms. The molecular weight excluding hydrogens is 411 g/mol. The number of hydrogen-bond acceptors (Lipinski definition) is 6. The topological polar surface area (TPSA) is 114 Å². The second-order valence-electron chi connectivity index (χ2n) is 5.60. The molecule has 2 N–H and O–H groups in total. The second kappa shape index (κ2) is 8.46. The predicted octanol–water partition coefficient (Wildman–Crippen LogP) is 2.27. The van der Waals surface area contributed by atoms with E-state index in [1.54, 1.807) is 6.07 Å². The zero-order valence-corrected chi connectivity index (χ0v) is 15.8. The summed E-state index contributed by atoms with van der Waals surface area (Å²) in [4.78, 5) is 19.6. The molecular formula is C17H14ClFN4O4S. The molecule has 0 aliphatic rings. The Kier molecular flexibility index (Phi) is 6.02. The molecule has 11 heteroatoms. The number of benzene rings is 1. The van der Waals surface area contributed by atoms with Crippen molar-refractivity contribution in [2.45, 2.75) is 18.0 Å². The van der Waals surface area contributed by atoms with Crippen LogP contribution >= 0.6 is 11.6 Å². The summed E-state index contributed by atoms with van der Waals surface area (Å²) in [6.45, 7) is 0.104. The molecule has 0 aliphatic heterocycles. The van der Waals surface area contributed by atoms with Gasteiger partial charge in [0.25, 0.3) is 5.91 Å². The van der Waals surface area contributed by atoms with Crippen LogP contribution in [-0.2, 0) is 23.1 Å². The molecule has 0 aliphatic carbocycles. The molecule has 3 rings (SSSR count). The minimum Gasteiger partial charge on any atom is -0.447 e. The van der Waals surface area contributed by atoms with Gasteiger partial charge in [0.05, 0.1) is 22.7 Å². The van der Waals surface area contributed by atoms with E-state index >= 15 is 0 Å². The molecule has 0 radical (unpaired) electrons. The van der Waals surface area contributed by atoms with Gasteiger partial charge >= 0.3 is 0 Å². The van der Waals surface area contributed by atoms with Gasteiger partial charge in [-0.3, -0.25) is 9.78 Å². The summed E-state index contributed by atoms with van der Waals surface area (Å²) < 4.78 is 45.1. The molecule has 2 aromatic heterocycles. The zero-order chi connectivity index (χ0) is 20.1. The van der Waals surface area contributed by atoms with Crippen molar-refractivity contribution >= 4 is 27.5 Å². The van der Waals surface area contributed by atoms with Crippen molar-refractivity contribution in [3.05, 3.63) is 77.0 Å². The quantitative estimate of drug-likeness (QED) is 0.601. The fourth-order valence-corrected chi connectivity index (χ4v) is 3.45. The van der Waals surface area contributed by atoms with E-state index in [4.69, 9.17) is 16.0 Å². The Morgan fingerprint density at radius 2 is 2.00 bits per heavy atom. The molecule has 0 saturated heterocycles. The third kappa shape index (κ3) is 4.91. The Labute approximate surface area is 164 Å². The fourth-order valence-electron chi connectivity index (χ4n) is 2.16. The maximum atomic E-state index is 13.2. The number of rotatable bonds is 7. The maximum absolute atomic E-state index is 13.2. The van der Waals surface area contributed by atoms with Crippen LogP contribution in [0.25, 0.3) is 0 Å². The highest BCUT2D eigenvalue weighted by atomic mass is 35.5. The lowest BCUT2D eigenvalue weighted by Crippen LogP contribution is -2.25. The predicted molar refractivity (Wildman–Crippen MR) is 97.3 cm³/mol. The number of nitrogens with zero attached hydrogens (tertiary/aromatic N) is 2. The van der Waals surface area contributed by atoms with Gasteiger partial charge in [0.15, 0.2) is 6.39 Å². The molecule has 8 nitrogen and oxygen atoms in total. The van der Waals surface area contributed by atoms with Crippen molar-refractivity contribution in [3.63, 3.8) is 0 Å². The van der Waals surface area contributed by atoms with Gasteiger partial charge in [-0.05, 0) is 29.8 Å². The maximum Gasteiger partial charge on any atom is 0.270 e. The second-order valence-corrected chi connectivity index (χ2v) is 7.78. The fraction of sp³-hybridized carbons (Fsp3) is 0.118. The first-order chi connectivity index (χ1) is 13.3. The van der Waals surface area contributed by atoms with Crippen LogP contribution in [0.1, 0.15) is 21.8 Å². The highest BCUT2D eigenvalue weighted by Crippen LogP contribution is 2.19. The van der Waals surface area contributed by atoms with Crippen LogP contribution in [0.3, 0.4) is 0 Å². The number of amides is 1. The first-order valence-corrected chi connectivity index (χ1v) is 9.76. The van der Waals surface area contributed by atoms with Gasteiger partial charge in [0.2, 0.25) is 10.0 Å². The SMILES string of the molecule is O=C(NCc1cnco1)c1ccc(CNS(=O)(=O)c2ccc(F)c(Cl)c2)cn1. The third-order valence-electron chi connectivity index (χ3n) is 3.63. The molecule has 0 fully saturated rings. The summed E-state index contributed by atoms with van der Waals surface area (Å²) in [7, 11) is -3.88. The zero-order valence-electron chi connectivity index (χ0n) is 14.2. The summed E-state index contributed by atoms with van der Waals surface area (Å²) >= 11 is 5.62. The minimum atomic E-state index is -3.88. The smallest absolute Gasteiger partial charge is 0.270 e. The van der Waals surface area contributed by atoms with E-state index < -0.39 is 21.7 Å². The molecule has 0 atom stereocenters. The van der Waals surface area contributed by atoms with E-state index in [9.17, 15) is 17.6 Å². The van der Waals surface area contributed by atoms with Crippen LogP contribution in [0.4, 0.5) is 4.39 Å². The lowest BCUT2D eigenvalue weighted by molar-refractivity contribution is 0.0943. The van der Waals surface area contributed by atoms with Crippen LogP contribution in [0, 0.1) is 5.82 Å². The van der Waals surface area contributed by atoms with E-state index in [1.807, 2.05) is 0 Å². The number of sulfonamides is 1. The average molecular weight is 425 g/mol. The molecule has 0 saturated carbocycles. The number of halogens is 2. The third-order valence-corrected chi connectivity index (χ3v) is 5.32. The Morgan fingerprint density at radius 3 is 2.64 bits per heavy atom. The number of carbonyl (C=O) groups excluding carboxylic acids is 1. The number of aromatic nitrogens is 2. The average Bonchev–Trinajstić information content (AvgIpc) is 3.20. The Balaban J connectivity index is 1.59. The summed E-state index contributed by atoms with van der Waals surface area (Å²) in [5.41, 5.74) is 0.694. The van der Waals surface area contributed by atoms with E-state index in [1.165, 1.54) is 24.9 Å². The number of oxazole rings is 1. The van der Waals surface area contributed by atoms with Gasteiger partial charge in [0.1, 0.15) is 17.3 Å². The Hall–Kier alpha value is -2.82. The van der Waals surface area contributed by atoms with Crippen molar-refractivity contribution in [1.82, 2.24) is 20.0 Å². The lowest BCUT2D eigenvalue weighted by Gasteiger charge is -2.08. The highest BCUT2D eigenvalue weighted by Gasteiger charge is 2.16. The van der Waals surface area contributed by atoms with Crippen LogP contribution in [0.2, 0.25) is 5.02 Å². The van der Waals surface area contributed by atoms with Gasteiger partial charge in [-0.25, -0.2) is 22.5 Å². The number of nitrogens with one attached hydrogen (secondary N) is 2. The highest BCUT2D eigenvalue weighted by molar-refractivity contribution is 7.89.